The Kier molecular flexibility index (Phi) is 2.10. The molecule has 1 saturated heterocycles. The minimum Gasteiger partial charge on any atom is -0.389 e. The van der Waals surface area contributed by atoms with Crippen molar-refractivity contribution < 1.29 is 14.3 Å². The van der Waals surface area contributed by atoms with Gasteiger partial charge in [0.15, 0.2) is 0 Å². The van der Waals surface area contributed by atoms with Crippen molar-refractivity contribution in [1.29, 1.82) is 0 Å². The largest absolute Gasteiger partial charge is 0.389 e. The van der Waals surface area contributed by atoms with E-state index in [1.54, 1.807) is 24.4 Å². The Morgan fingerprint density at radius 1 is 1.36 bits per heavy atom. The number of rotatable bonds is 1. The number of cyclic esters (lactones) is 2. The predicted molar refractivity (Wildman–Crippen MR) is 47.9 cm³/mol. The van der Waals surface area contributed by atoms with Gasteiger partial charge in [0.2, 0.25) is 0 Å². The number of carbonyl (C=O) groups is 2. The molecule has 1 aliphatic rings. The van der Waals surface area contributed by atoms with Crippen molar-refractivity contribution in [2.75, 3.05) is 0 Å². The van der Waals surface area contributed by atoms with Crippen LogP contribution in [-0.4, -0.2) is 16.9 Å². The quantitative estimate of drug-likeness (QED) is 0.374. The van der Waals surface area contributed by atoms with E-state index in [9.17, 15) is 9.59 Å². The van der Waals surface area contributed by atoms with Crippen molar-refractivity contribution in [1.82, 2.24) is 4.98 Å². The fraction of sp³-hybridized carbons (Fsp3) is 0.100. The van der Waals surface area contributed by atoms with Crippen LogP contribution in [0.4, 0.5) is 0 Å². The highest BCUT2D eigenvalue weighted by molar-refractivity contribution is 6.08. The third kappa shape index (κ3) is 1.69. The molecule has 1 aromatic rings. The van der Waals surface area contributed by atoms with Gasteiger partial charge in [0, 0.05) is 6.20 Å². The van der Waals surface area contributed by atoms with Crippen LogP contribution in [0.15, 0.2) is 30.0 Å². The van der Waals surface area contributed by atoms with Gasteiger partial charge in [-0.2, -0.15) is 0 Å². The van der Waals surface area contributed by atoms with E-state index in [4.69, 9.17) is 0 Å². The fourth-order valence-electron chi connectivity index (χ4n) is 1.18. The number of hydrogen-bond donors (Lipinski definition) is 0. The molecule has 0 aromatic carbocycles. The molecule has 0 saturated carbocycles. The second-order valence-electron chi connectivity index (χ2n) is 2.86. The molecule has 0 unspecified atom stereocenters. The zero-order valence-corrected chi connectivity index (χ0v) is 7.27. The number of aromatic nitrogens is 1. The molecule has 1 fully saturated rings. The number of esters is 2. The summed E-state index contributed by atoms with van der Waals surface area (Å²) in [5.74, 6) is -1.07. The van der Waals surface area contributed by atoms with Crippen LogP contribution < -0.4 is 0 Å². The number of ether oxygens (including phenoxy) is 1. The summed E-state index contributed by atoms with van der Waals surface area (Å²) in [7, 11) is 0. The number of pyridine rings is 1. The fourth-order valence-corrected chi connectivity index (χ4v) is 1.18. The lowest BCUT2D eigenvalue weighted by molar-refractivity contribution is -0.151. The lowest BCUT2D eigenvalue weighted by Crippen LogP contribution is -1.97. The zero-order chi connectivity index (χ0) is 9.97. The summed E-state index contributed by atoms with van der Waals surface area (Å²) in [6, 6.07) is 5.34. The Labute approximate surface area is 80.2 Å². The molecule has 4 nitrogen and oxygen atoms in total. The first-order valence-electron chi connectivity index (χ1n) is 4.12. The van der Waals surface area contributed by atoms with E-state index in [-0.39, 0.29) is 6.42 Å². The van der Waals surface area contributed by atoms with Crippen molar-refractivity contribution in [3.8, 4) is 0 Å². The first kappa shape index (κ1) is 8.62. The lowest BCUT2D eigenvalue weighted by Gasteiger charge is -1.91. The minimum atomic E-state index is -0.569. The van der Waals surface area contributed by atoms with Crippen LogP contribution in [0.2, 0.25) is 0 Å². The predicted octanol–water partition coefficient (Wildman–Crippen LogP) is 0.938. The van der Waals surface area contributed by atoms with E-state index in [2.05, 4.69) is 9.72 Å². The van der Waals surface area contributed by atoms with Gasteiger partial charge in [-0.25, -0.2) is 4.79 Å². The summed E-state index contributed by atoms with van der Waals surface area (Å²) in [6.45, 7) is 0. The monoisotopic (exact) mass is 189 g/mol. The Bertz CT molecular complexity index is 409. The van der Waals surface area contributed by atoms with Gasteiger partial charge >= 0.3 is 11.9 Å². The first-order valence-corrected chi connectivity index (χ1v) is 4.12. The van der Waals surface area contributed by atoms with Crippen LogP contribution in [0, 0.1) is 0 Å². The maximum absolute atomic E-state index is 11.0. The van der Waals surface area contributed by atoms with Crippen LogP contribution in [0.1, 0.15) is 12.1 Å². The third-order valence-corrected chi connectivity index (χ3v) is 1.81. The molecule has 2 rings (SSSR count). The Morgan fingerprint density at radius 3 is 2.79 bits per heavy atom. The van der Waals surface area contributed by atoms with Crippen LogP contribution in [0.25, 0.3) is 6.08 Å². The Hall–Kier alpha value is -1.97. The average molecular weight is 189 g/mol. The van der Waals surface area contributed by atoms with Gasteiger partial charge < -0.3 is 4.74 Å². The smallest absolute Gasteiger partial charge is 0.342 e. The summed E-state index contributed by atoms with van der Waals surface area (Å²) in [5.41, 5.74) is 1.00. The van der Waals surface area contributed by atoms with Gasteiger partial charge in [-0.15, -0.1) is 0 Å². The molecule has 0 radical (unpaired) electrons. The van der Waals surface area contributed by atoms with Crippen molar-refractivity contribution in [2.24, 2.45) is 0 Å². The van der Waals surface area contributed by atoms with E-state index in [0.29, 0.717) is 11.3 Å². The van der Waals surface area contributed by atoms with Crippen LogP contribution >= 0.6 is 0 Å². The van der Waals surface area contributed by atoms with Gasteiger partial charge in [-0.05, 0) is 18.2 Å². The molecule has 0 aliphatic carbocycles. The standard InChI is InChI=1S/C10H7NO3/c12-9-6-7(10(13)14-9)5-8-3-1-2-4-11-8/h1-5H,6H2/b7-5+. The molecular formula is C10H7NO3. The van der Waals surface area contributed by atoms with E-state index in [1.165, 1.54) is 0 Å². The third-order valence-electron chi connectivity index (χ3n) is 1.81. The van der Waals surface area contributed by atoms with Crippen molar-refractivity contribution in [2.45, 2.75) is 6.42 Å². The van der Waals surface area contributed by atoms with Gasteiger partial charge in [-0.1, -0.05) is 6.07 Å². The van der Waals surface area contributed by atoms with Crippen molar-refractivity contribution in [3.63, 3.8) is 0 Å². The second kappa shape index (κ2) is 3.41. The summed E-state index contributed by atoms with van der Waals surface area (Å²) >= 11 is 0. The molecule has 0 amide bonds. The highest BCUT2D eigenvalue weighted by Gasteiger charge is 2.26. The Balaban J connectivity index is 2.28. The van der Waals surface area contributed by atoms with Gasteiger partial charge in [-0.3, -0.25) is 9.78 Å². The Morgan fingerprint density at radius 2 is 2.21 bits per heavy atom. The molecule has 0 N–H and O–H groups in total. The molecule has 1 aromatic heterocycles. The second-order valence-corrected chi connectivity index (χ2v) is 2.86. The maximum Gasteiger partial charge on any atom is 0.342 e. The van der Waals surface area contributed by atoms with E-state index in [1.807, 2.05) is 6.07 Å². The van der Waals surface area contributed by atoms with Gasteiger partial charge in [0.05, 0.1) is 17.7 Å². The lowest BCUT2D eigenvalue weighted by atomic mass is 10.2. The average Bonchev–Trinajstić information content (AvgIpc) is 2.47. The van der Waals surface area contributed by atoms with E-state index >= 15 is 0 Å². The SMILES string of the molecule is O=C1C/C(=C\c2ccccn2)C(=O)O1. The van der Waals surface area contributed by atoms with Crippen LogP contribution in [0.5, 0.6) is 0 Å². The zero-order valence-electron chi connectivity index (χ0n) is 7.27. The summed E-state index contributed by atoms with van der Waals surface area (Å²) < 4.78 is 4.37. The number of hydrogen-bond acceptors (Lipinski definition) is 4. The topological polar surface area (TPSA) is 56.3 Å². The van der Waals surface area contributed by atoms with Gasteiger partial charge in [0.25, 0.3) is 0 Å². The summed E-state index contributed by atoms with van der Waals surface area (Å²) in [4.78, 5) is 25.8. The highest BCUT2D eigenvalue weighted by Crippen LogP contribution is 2.17. The molecule has 4 heteroatoms. The van der Waals surface area contributed by atoms with Gasteiger partial charge in [0.1, 0.15) is 0 Å². The van der Waals surface area contributed by atoms with Crippen LogP contribution in [-0.2, 0) is 14.3 Å². The molecule has 0 spiro atoms. The molecule has 0 atom stereocenters. The maximum atomic E-state index is 11.0. The molecule has 1 aliphatic heterocycles. The molecular weight excluding hydrogens is 182 g/mol. The highest BCUT2D eigenvalue weighted by atomic mass is 16.6. The molecule has 14 heavy (non-hydrogen) atoms. The minimum absolute atomic E-state index is 0.0371. The normalized spacial score (nSPS) is 18.7. The first-order chi connectivity index (χ1) is 6.75. The molecule has 70 valence electrons. The summed E-state index contributed by atoms with van der Waals surface area (Å²) in [5, 5.41) is 0. The van der Waals surface area contributed by atoms with Crippen molar-refractivity contribution in [3.05, 3.63) is 35.7 Å². The van der Waals surface area contributed by atoms with E-state index < -0.39 is 11.9 Å². The van der Waals surface area contributed by atoms with Crippen LogP contribution in [0.3, 0.4) is 0 Å². The number of carbonyl (C=O) groups excluding carboxylic acids is 2. The van der Waals surface area contributed by atoms with E-state index in [0.717, 1.165) is 0 Å². The summed E-state index contributed by atoms with van der Waals surface area (Å²) in [6.07, 6.45) is 3.22. The molecule has 0 bridgehead atoms. The van der Waals surface area contributed by atoms with Crippen molar-refractivity contribution >= 4 is 18.0 Å². The number of nitrogens with zero attached hydrogens (tertiary/aromatic N) is 1. The molecule has 2 heterocycles.